The van der Waals surface area contributed by atoms with Crippen LogP contribution in [0.2, 0.25) is 10.0 Å². The molecule has 0 bridgehead atoms. The van der Waals surface area contributed by atoms with E-state index in [0.717, 1.165) is 0 Å². The molecule has 28 heavy (non-hydrogen) atoms. The van der Waals surface area contributed by atoms with Crippen LogP contribution < -0.4 is 14.2 Å². The maximum atomic E-state index is 6.21. The molecule has 3 rings (SSSR count). The molecule has 0 amide bonds. The van der Waals surface area contributed by atoms with E-state index >= 15 is 0 Å². The number of halogens is 2. The smallest absolute Gasteiger partial charge is 0.216 e. The summed E-state index contributed by atoms with van der Waals surface area (Å²) >= 11 is 17.6. The number of methoxy groups -OCH3 is 3. The van der Waals surface area contributed by atoms with Gasteiger partial charge in [-0.3, -0.25) is 0 Å². The fourth-order valence-electron chi connectivity index (χ4n) is 2.54. The summed E-state index contributed by atoms with van der Waals surface area (Å²) < 4.78 is 17.9. The Kier molecular flexibility index (Phi) is 6.23. The Bertz CT molecular complexity index is 1070. The van der Waals surface area contributed by atoms with Crippen LogP contribution in [0.5, 0.6) is 17.2 Å². The summed E-state index contributed by atoms with van der Waals surface area (Å²) in [5, 5.41) is 12.2. The molecule has 0 spiro atoms. The average molecular weight is 439 g/mol. The zero-order valence-corrected chi connectivity index (χ0v) is 17.5. The molecule has 1 aromatic heterocycles. The van der Waals surface area contributed by atoms with Gasteiger partial charge in [-0.05, 0) is 30.4 Å². The van der Waals surface area contributed by atoms with Crippen molar-refractivity contribution in [2.45, 2.75) is 0 Å². The van der Waals surface area contributed by atoms with Gasteiger partial charge in [-0.2, -0.15) is 14.9 Å². The van der Waals surface area contributed by atoms with Crippen LogP contribution in [-0.4, -0.2) is 42.4 Å². The number of nitrogens with zero attached hydrogens (tertiary/aromatic N) is 3. The summed E-state index contributed by atoms with van der Waals surface area (Å²) in [5.41, 5.74) is 1.31. The van der Waals surface area contributed by atoms with Crippen molar-refractivity contribution >= 4 is 41.6 Å². The van der Waals surface area contributed by atoms with Crippen LogP contribution >= 0.6 is 35.4 Å². The first kappa shape index (κ1) is 20.2. The number of hydrogen-bond donors (Lipinski definition) is 1. The van der Waals surface area contributed by atoms with Gasteiger partial charge in [0.25, 0.3) is 0 Å². The quantitative estimate of drug-likeness (QED) is 0.440. The van der Waals surface area contributed by atoms with E-state index in [1.165, 1.54) is 26.0 Å². The third-order valence-corrected chi connectivity index (χ3v) is 4.96. The summed E-state index contributed by atoms with van der Waals surface area (Å²) in [6, 6.07) is 8.78. The number of rotatable bonds is 6. The number of H-pyrrole nitrogens is 1. The summed E-state index contributed by atoms with van der Waals surface area (Å²) in [7, 11) is 4.62. The Morgan fingerprint density at radius 3 is 2.39 bits per heavy atom. The second-order valence-corrected chi connectivity index (χ2v) is 6.64. The van der Waals surface area contributed by atoms with Gasteiger partial charge in [0.2, 0.25) is 10.5 Å². The normalized spacial score (nSPS) is 11.0. The van der Waals surface area contributed by atoms with E-state index in [9.17, 15) is 0 Å². The number of aromatic nitrogens is 3. The van der Waals surface area contributed by atoms with E-state index in [2.05, 4.69) is 15.3 Å². The van der Waals surface area contributed by atoms with E-state index in [1.807, 2.05) is 0 Å². The molecule has 0 aliphatic heterocycles. The monoisotopic (exact) mass is 438 g/mol. The molecule has 2 aromatic carbocycles. The highest BCUT2D eigenvalue weighted by Crippen LogP contribution is 2.40. The SMILES string of the molecule is COc1cc(-c2n[nH]c(=S)n2/N=C/c2cccc(Cl)c2Cl)cc(OC)c1OC. The van der Waals surface area contributed by atoms with Crippen LogP contribution in [0.4, 0.5) is 0 Å². The van der Waals surface area contributed by atoms with Crippen molar-refractivity contribution in [2.24, 2.45) is 5.10 Å². The molecule has 0 radical (unpaired) electrons. The van der Waals surface area contributed by atoms with E-state index in [4.69, 9.17) is 49.6 Å². The molecule has 0 unspecified atom stereocenters. The predicted octanol–water partition coefficient (Wildman–Crippen LogP) is 4.82. The highest BCUT2D eigenvalue weighted by Gasteiger charge is 2.17. The Hall–Kier alpha value is -2.55. The molecule has 1 heterocycles. The molecule has 0 fully saturated rings. The average Bonchev–Trinajstić information content (AvgIpc) is 3.08. The zero-order valence-electron chi connectivity index (χ0n) is 15.2. The molecule has 1 N–H and O–H groups in total. The third-order valence-electron chi connectivity index (χ3n) is 3.87. The van der Waals surface area contributed by atoms with Crippen LogP contribution in [0, 0.1) is 4.77 Å². The minimum absolute atomic E-state index is 0.304. The number of hydrogen-bond acceptors (Lipinski definition) is 6. The second-order valence-electron chi connectivity index (χ2n) is 5.47. The van der Waals surface area contributed by atoms with Gasteiger partial charge < -0.3 is 14.2 Å². The molecule has 3 aromatic rings. The fourth-order valence-corrected chi connectivity index (χ4v) is 3.07. The van der Waals surface area contributed by atoms with Gasteiger partial charge in [0.1, 0.15) is 0 Å². The van der Waals surface area contributed by atoms with Gasteiger partial charge in [-0.15, -0.1) is 0 Å². The van der Waals surface area contributed by atoms with Crippen LogP contribution in [0.25, 0.3) is 11.4 Å². The van der Waals surface area contributed by atoms with Crippen molar-refractivity contribution in [3.05, 3.63) is 50.7 Å². The lowest BCUT2D eigenvalue weighted by atomic mass is 10.1. The van der Waals surface area contributed by atoms with Crippen molar-refractivity contribution in [1.29, 1.82) is 0 Å². The van der Waals surface area contributed by atoms with Gasteiger partial charge in [0.15, 0.2) is 17.3 Å². The maximum absolute atomic E-state index is 6.21. The first-order chi connectivity index (χ1) is 13.5. The Labute approximate surface area is 176 Å². The molecular formula is C18H16Cl2N4O3S. The Balaban J connectivity index is 2.10. The van der Waals surface area contributed by atoms with Crippen LogP contribution in [0.15, 0.2) is 35.4 Å². The highest BCUT2D eigenvalue weighted by atomic mass is 35.5. The standard InChI is InChI=1S/C18H16Cl2N4O3S/c1-25-13-7-11(8-14(26-2)16(13)27-3)17-22-23-18(28)24(17)21-9-10-5-4-6-12(19)15(10)20/h4-9H,1-3H3,(H,23,28)/b21-9+. The largest absolute Gasteiger partial charge is 0.493 e. The van der Waals surface area contributed by atoms with E-state index in [1.54, 1.807) is 36.5 Å². The number of aromatic amines is 1. The van der Waals surface area contributed by atoms with Crippen molar-refractivity contribution in [2.75, 3.05) is 21.3 Å². The third kappa shape index (κ3) is 3.84. The predicted molar refractivity (Wildman–Crippen MR) is 112 cm³/mol. The van der Waals surface area contributed by atoms with Crippen LogP contribution in [-0.2, 0) is 0 Å². The summed E-state index contributed by atoms with van der Waals surface area (Å²) in [5.74, 6) is 1.90. The van der Waals surface area contributed by atoms with Crippen molar-refractivity contribution in [1.82, 2.24) is 14.9 Å². The summed E-state index contributed by atoms with van der Waals surface area (Å²) in [6.45, 7) is 0. The molecule has 0 aliphatic carbocycles. The van der Waals surface area contributed by atoms with Crippen molar-refractivity contribution < 1.29 is 14.2 Å². The topological polar surface area (TPSA) is 73.7 Å². The van der Waals surface area contributed by atoms with Gasteiger partial charge >= 0.3 is 0 Å². The van der Waals surface area contributed by atoms with Gasteiger partial charge in [-0.25, -0.2) is 5.10 Å². The fraction of sp³-hybridized carbons (Fsp3) is 0.167. The summed E-state index contributed by atoms with van der Waals surface area (Å²) in [6.07, 6.45) is 1.56. The maximum Gasteiger partial charge on any atom is 0.216 e. The minimum Gasteiger partial charge on any atom is -0.493 e. The Morgan fingerprint density at radius 2 is 1.79 bits per heavy atom. The lowest BCUT2D eigenvalue weighted by Crippen LogP contribution is -1.99. The molecule has 0 atom stereocenters. The second kappa shape index (κ2) is 8.64. The Morgan fingerprint density at radius 1 is 1.11 bits per heavy atom. The number of ether oxygens (including phenoxy) is 3. The molecular weight excluding hydrogens is 423 g/mol. The molecule has 0 aliphatic rings. The van der Waals surface area contributed by atoms with Gasteiger partial charge in [-0.1, -0.05) is 35.3 Å². The highest BCUT2D eigenvalue weighted by molar-refractivity contribution is 7.71. The van der Waals surface area contributed by atoms with Crippen LogP contribution in [0.3, 0.4) is 0 Å². The van der Waals surface area contributed by atoms with Gasteiger partial charge in [0, 0.05) is 11.1 Å². The molecule has 10 heteroatoms. The summed E-state index contributed by atoms with van der Waals surface area (Å²) in [4.78, 5) is 0. The van der Waals surface area contributed by atoms with E-state index in [0.29, 0.717) is 49.0 Å². The van der Waals surface area contributed by atoms with Crippen molar-refractivity contribution in [3.63, 3.8) is 0 Å². The molecule has 0 saturated carbocycles. The lowest BCUT2D eigenvalue weighted by Gasteiger charge is -2.13. The first-order valence-electron chi connectivity index (χ1n) is 7.96. The molecule has 146 valence electrons. The van der Waals surface area contributed by atoms with Gasteiger partial charge in [0.05, 0.1) is 37.6 Å². The number of benzene rings is 2. The van der Waals surface area contributed by atoms with Crippen LogP contribution in [0.1, 0.15) is 5.56 Å². The van der Waals surface area contributed by atoms with E-state index < -0.39 is 0 Å². The zero-order chi connectivity index (χ0) is 20.3. The first-order valence-corrected chi connectivity index (χ1v) is 9.12. The minimum atomic E-state index is 0.304. The number of nitrogens with one attached hydrogen (secondary N) is 1. The van der Waals surface area contributed by atoms with Crippen molar-refractivity contribution in [3.8, 4) is 28.6 Å². The lowest BCUT2D eigenvalue weighted by molar-refractivity contribution is 0.324. The molecule has 0 saturated heterocycles. The molecule has 7 nitrogen and oxygen atoms in total. The van der Waals surface area contributed by atoms with E-state index in [-0.39, 0.29) is 0 Å².